The maximum absolute atomic E-state index is 6.10. The van der Waals surface area contributed by atoms with Gasteiger partial charge in [-0.3, -0.25) is 0 Å². The Kier molecular flexibility index (Phi) is 2.64. The van der Waals surface area contributed by atoms with Gasteiger partial charge in [0, 0.05) is 17.4 Å². The normalized spacial score (nSPS) is 12.5. The molecule has 92 valence electrons. The van der Waals surface area contributed by atoms with Gasteiger partial charge in [0.05, 0.1) is 10.7 Å². The molecule has 4 nitrogen and oxygen atoms in total. The third-order valence-electron chi connectivity index (χ3n) is 2.64. The minimum absolute atomic E-state index is 0.265. The molecule has 0 radical (unpaired) electrons. The average Bonchev–Trinajstić information content (AvgIpc) is 2.80. The van der Waals surface area contributed by atoms with Gasteiger partial charge >= 0.3 is 0 Å². The molecule has 0 aliphatic carbocycles. The zero-order chi connectivity index (χ0) is 12.5. The molecule has 0 amide bonds. The molecule has 1 heterocycles. The van der Waals surface area contributed by atoms with Gasteiger partial charge in [0.2, 0.25) is 6.79 Å². The molecule has 1 aliphatic rings. The lowest BCUT2D eigenvalue weighted by Gasteiger charge is -2.09. The van der Waals surface area contributed by atoms with E-state index in [1.807, 2.05) is 24.3 Å². The van der Waals surface area contributed by atoms with E-state index in [2.05, 4.69) is 5.32 Å². The largest absolute Gasteiger partial charge is 0.454 e. The van der Waals surface area contributed by atoms with Gasteiger partial charge in [0.25, 0.3) is 0 Å². The van der Waals surface area contributed by atoms with E-state index in [9.17, 15) is 0 Å². The van der Waals surface area contributed by atoms with Crippen LogP contribution in [0.15, 0.2) is 36.4 Å². The first-order chi connectivity index (χ1) is 8.72. The molecule has 3 N–H and O–H groups in total. The number of nitrogens with one attached hydrogen (secondary N) is 1. The van der Waals surface area contributed by atoms with E-state index in [-0.39, 0.29) is 6.79 Å². The SMILES string of the molecule is Nc1ccc(Nc2ccc3c(c2)OCO3)c(Cl)c1. The van der Waals surface area contributed by atoms with Crippen LogP contribution >= 0.6 is 11.6 Å². The Labute approximate surface area is 109 Å². The van der Waals surface area contributed by atoms with Crippen LogP contribution in [0.4, 0.5) is 17.1 Å². The molecular weight excluding hydrogens is 252 g/mol. The van der Waals surface area contributed by atoms with Crippen LogP contribution in [0.3, 0.4) is 0 Å². The average molecular weight is 263 g/mol. The van der Waals surface area contributed by atoms with Gasteiger partial charge in [-0.1, -0.05) is 11.6 Å². The van der Waals surface area contributed by atoms with Crippen molar-refractivity contribution in [1.29, 1.82) is 0 Å². The standard InChI is InChI=1S/C13H11ClN2O2/c14-10-5-8(15)1-3-11(10)16-9-2-4-12-13(6-9)18-7-17-12/h1-6,16H,7,15H2. The summed E-state index contributed by atoms with van der Waals surface area (Å²) in [7, 11) is 0. The van der Waals surface area contributed by atoms with Crippen LogP contribution in [-0.2, 0) is 0 Å². The van der Waals surface area contributed by atoms with Gasteiger partial charge in [-0.25, -0.2) is 0 Å². The van der Waals surface area contributed by atoms with Crippen molar-refractivity contribution < 1.29 is 9.47 Å². The van der Waals surface area contributed by atoms with E-state index < -0.39 is 0 Å². The summed E-state index contributed by atoms with van der Waals surface area (Å²) in [5.41, 5.74) is 7.96. The van der Waals surface area contributed by atoms with Gasteiger partial charge in [-0.15, -0.1) is 0 Å². The van der Waals surface area contributed by atoms with Crippen LogP contribution in [0, 0.1) is 0 Å². The van der Waals surface area contributed by atoms with Gasteiger partial charge in [-0.2, -0.15) is 0 Å². The Morgan fingerprint density at radius 1 is 1.06 bits per heavy atom. The number of hydrogen-bond donors (Lipinski definition) is 2. The fraction of sp³-hybridized carbons (Fsp3) is 0.0769. The number of hydrogen-bond acceptors (Lipinski definition) is 4. The Balaban J connectivity index is 1.88. The van der Waals surface area contributed by atoms with Crippen LogP contribution < -0.4 is 20.5 Å². The van der Waals surface area contributed by atoms with E-state index in [0.717, 1.165) is 22.9 Å². The molecule has 3 rings (SSSR count). The molecule has 0 fully saturated rings. The zero-order valence-electron chi connectivity index (χ0n) is 9.44. The summed E-state index contributed by atoms with van der Waals surface area (Å²) < 4.78 is 10.6. The quantitative estimate of drug-likeness (QED) is 0.815. The van der Waals surface area contributed by atoms with Crippen LogP contribution in [0.25, 0.3) is 0 Å². The Bertz CT molecular complexity index is 602. The first-order valence-electron chi connectivity index (χ1n) is 5.44. The number of fused-ring (bicyclic) bond motifs is 1. The van der Waals surface area contributed by atoms with Gasteiger partial charge in [-0.05, 0) is 30.3 Å². The predicted octanol–water partition coefficient (Wildman–Crippen LogP) is 3.39. The van der Waals surface area contributed by atoms with Crippen molar-refractivity contribution in [2.75, 3.05) is 17.8 Å². The number of rotatable bonds is 2. The number of benzene rings is 2. The van der Waals surface area contributed by atoms with E-state index in [4.69, 9.17) is 26.8 Å². The van der Waals surface area contributed by atoms with Gasteiger partial charge in [0.15, 0.2) is 11.5 Å². The molecule has 0 atom stereocenters. The second-order valence-corrected chi connectivity index (χ2v) is 4.34. The first kappa shape index (κ1) is 11.0. The molecule has 0 spiro atoms. The lowest BCUT2D eigenvalue weighted by Crippen LogP contribution is -1.93. The summed E-state index contributed by atoms with van der Waals surface area (Å²) in [5.74, 6) is 1.48. The Hall–Kier alpha value is -2.07. The highest BCUT2D eigenvalue weighted by molar-refractivity contribution is 6.33. The minimum Gasteiger partial charge on any atom is -0.454 e. The van der Waals surface area contributed by atoms with Crippen molar-refractivity contribution in [3.8, 4) is 11.5 Å². The molecule has 0 saturated carbocycles. The van der Waals surface area contributed by atoms with Crippen molar-refractivity contribution in [2.45, 2.75) is 0 Å². The highest BCUT2D eigenvalue weighted by Crippen LogP contribution is 2.36. The molecule has 0 saturated heterocycles. The van der Waals surface area contributed by atoms with Crippen LogP contribution in [-0.4, -0.2) is 6.79 Å². The monoisotopic (exact) mass is 262 g/mol. The van der Waals surface area contributed by atoms with Crippen molar-refractivity contribution in [1.82, 2.24) is 0 Å². The maximum Gasteiger partial charge on any atom is 0.231 e. The van der Waals surface area contributed by atoms with Gasteiger partial charge < -0.3 is 20.5 Å². The molecule has 5 heteroatoms. The van der Waals surface area contributed by atoms with Crippen molar-refractivity contribution >= 4 is 28.7 Å². The highest BCUT2D eigenvalue weighted by atomic mass is 35.5. The number of halogens is 1. The summed E-state index contributed by atoms with van der Waals surface area (Å²) in [6.45, 7) is 0.265. The van der Waals surface area contributed by atoms with E-state index in [1.165, 1.54) is 0 Å². The summed E-state index contributed by atoms with van der Waals surface area (Å²) >= 11 is 6.10. The van der Waals surface area contributed by atoms with Crippen LogP contribution in [0.5, 0.6) is 11.5 Å². The van der Waals surface area contributed by atoms with E-state index in [0.29, 0.717) is 10.7 Å². The number of nitrogen functional groups attached to an aromatic ring is 1. The number of anilines is 3. The molecule has 1 aliphatic heterocycles. The second-order valence-electron chi connectivity index (χ2n) is 3.93. The Morgan fingerprint density at radius 3 is 2.72 bits per heavy atom. The molecule has 18 heavy (non-hydrogen) atoms. The molecule has 0 aromatic heterocycles. The van der Waals surface area contributed by atoms with Gasteiger partial charge in [0.1, 0.15) is 0 Å². The fourth-order valence-electron chi connectivity index (χ4n) is 1.76. The predicted molar refractivity (Wildman–Crippen MR) is 71.7 cm³/mol. The maximum atomic E-state index is 6.10. The zero-order valence-corrected chi connectivity index (χ0v) is 10.2. The molecule has 2 aromatic rings. The van der Waals surface area contributed by atoms with E-state index >= 15 is 0 Å². The molecule has 0 bridgehead atoms. The lowest BCUT2D eigenvalue weighted by atomic mass is 10.2. The summed E-state index contributed by atoms with van der Waals surface area (Å²) in [5, 5.41) is 3.78. The number of nitrogens with two attached hydrogens (primary N) is 1. The third kappa shape index (κ3) is 2.02. The molecular formula is C13H11ClN2O2. The minimum atomic E-state index is 0.265. The van der Waals surface area contributed by atoms with Crippen LogP contribution in [0.1, 0.15) is 0 Å². The lowest BCUT2D eigenvalue weighted by molar-refractivity contribution is 0.174. The fourth-order valence-corrected chi connectivity index (χ4v) is 2.00. The van der Waals surface area contributed by atoms with E-state index in [1.54, 1.807) is 12.1 Å². The molecule has 2 aromatic carbocycles. The summed E-state index contributed by atoms with van der Waals surface area (Å²) in [6.07, 6.45) is 0. The Morgan fingerprint density at radius 2 is 1.89 bits per heavy atom. The summed E-state index contributed by atoms with van der Waals surface area (Å²) in [4.78, 5) is 0. The summed E-state index contributed by atoms with van der Waals surface area (Å²) in [6, 6.07) is 11.0. The molecule has 0 unspecified atom stereocenters. The topological polar surface area (TPSA) is 56.5 Å². The smallest absolute Gasteiger partial charge is 0.231 e. The number of ether oxygens (including phenoxy) is 2. The third-order valence-corrected chi connectivity index (χ3v) is 2.96. The van der Waals surface area contributed by atoms with Crippen LogP contribution in [0.2, 0.25) is 5.02 Å². The van der Waals surface area contributed by atoms with Crippen molar-refractivity contribution in [3.63, 3.8) is 0 Å². The second kappa shape index (κ2) is 4.31. The van der Waals surface area contributed by atoms with Crippen molar-refractivity contribution in [3.05, 3.63) is 41.4 Å². The first-order valence-corrected chi connectivity index (χ1v) is 5.82. The highest BCUT2D eigenvalue weighted by Gasteiger charge is 2.13. The van der Waals surface area contributed by atoms with Crippen molar-refractivity contribution in [2.24, 2.45) is 0 Å².